The molecule has 0 aliphatic heterocycles. The summed E-state index contributed by atoms with van der Waals surface area (Å²) in [5.74, 6) is 0.989. The van der Waals surface area contributed by atoms with Crippen molar-refractivity contribution < 1.29 is 5.11 Å². The number of hydrogen-bond acceptors (Lipinski definition) is 4. The average molecular weight is 307 g/mol. The van der Waals surface area contributed by atoms with E-state index < -0.39 is 0 Å². The number of nitrogens with one attached hydrogen (secondary N) is 1. The SMILES string of the molecule is CCNC(CO)(CCSc1cccs1)c1ccccc1. The van der Waals surface area contributed by atoms with Gasteiger partial charge in [-0.3, -0.25) is 0 Å². The van der Waals surface area contributed by atoms with Gasteiger partial charge in [0.2, 0.25) is 0 Å². The van der Waals surface area contributed by atoms with Crippen LogP contribution in [0, 0.1) is 0 Å². The molecule has 1 aromatic carbocycles. The number of hydrogen-bond donors (Lipinski definition) is 2. The summed E-state index contributed by atoms with van der Waals surface area (Å²) in [5.41, 5.74) is 0.830. The second-order valence-corrected chi connectivity index (χ2v) is 7.01. The van der Waals surface area contributed by atoms with Crippen LogP contribution in [-0.4, -0.2) is 24.0 Å². The second kappa shape index (κ2) is 7.84. The van der Waals surface area contributed by atoms with Crippen molar-refractivity contribution in [2.75, 3.05) is 18.9 Å². The van der Waals surface area contributed by atoms with Crippen LogP contribution < -0.4 is 5.32 Å². The Balaban J connectivity index is 2.06. The zero-order valence-corrected chi connectivity index (χ0v) is 13.3. The molecular formula is C16H21NOS2. The summed E-state index contributed by atoms with van der Waals surface area (Å²) in [6.07, 6.45) is 0.907. The number of likely N-dealkylation sites (N-methyl/N-ethyl adjacent to an activating group) is 1. The molecule has 0 bridgehead atoms. The molecule has 1 heterocycles. The van der Waals surface area contributed by atoms with Crippen LogP contribution in [0.3, 0.4) is 0 Å². The highest BCUT2D eigenvalue weighted by Crippen LogP contribution is 2.30. The fraction of sp³-hybridized carbons (Fsp3) is 0.375. The summed E-state index contributed by atoms with van der Waals surface area (Å²) in [7, 11) is 0. The van der Waals surface area contributed by atoms with E-state index in [0.717, 1.165) is 24.3 Å². The molecule has 2 aromatic rings. The maximum Gasteiger partial charge on any atom is 0.0677 e. The molecule has 0 aliphatic carbocycles. The number of thioether (sulfide) groups is 1. The smallest absolute Gasteiger partial charge is 0.0677 e. The lowest BCUT2D eigenvalue weighted by Gasteiger charge is -2.33. The van der Waals surface area contributed by atoms with Crippen molar-refractivity contribution >= 4 is 23.1 Å². The fourth-order valence-electron chi connectivity index (χ4n) is 2.33. The summed E-state index contributed by atoms with van der Waals surface area (Å²) in [6, 6.07) is 14.5. The molecule has 0 amide bonds. The quantitative estimate of drug-likeness (QED) is 0.729. The zero-order chi connectivity index (χ0) is 14.3. The van der Waals surface area contributed by atoms with Gasteiger partial charge in [0.05, 0.1) is 16.4 Å². The Labute approximate surface area is 129 Å². The lowest BCUT2D eigenvalue weighted by Crippen LogP contribution is -2.46. The summed E-state index contributed by atoms with van der Waals surface area (Å²) in [4.78, 5) is 0. The molecule has 2 rings (SSSR count). The Kier molecular flexibility index (Phi) is 6.10. The maximum atomic E-state index is 9.95. The minimum absolute atomic E-state index is 0.121. The molecule has 20 heavy (non-hydrogen) atoms. The van der Waals surface area contributed by atoms with E-state index in [2.05, 4.69) is 41.9 Å². The average Bonchev–Trinajstić information content (AvgIpc) is 3.00. The molecule has 0 aliphatic rings. The highest BCUT2D eigenvalue weighted by molar-refractivity contribution is 8.01. The first-order valence-electron chi connectivity index (χ1n) is 6.88. The molecule has 1 atom stereocenters. The van der Waals surface area contributed by atoms with Gasteiger partial charge < -0.3 is 10.4 Å². The number of aliphatic hydroxyl groups is 1. The molecule has 1 unspecified atom stereocenters. The summed E-state index contributed by atoms with van der Waals surface area (Å²) < 4.78 is 1.33. The number of benzene rings is 1. The third kappa shape index (κ3) is 3.85. The van der Waals surface area contributed by atoms with Gasteiger partial charge in [0, 0.05) is 5.75 Å². The van der Waals surface area contributed by atoms with Gasteiger partial charge >= 0.3 is 0 Å². The Morgan fingerprint density at radius 3 is 2.60 bits per heavy atom. The van der Waals surface area contributed by atoms with Gasteiger partial charge in [0.15, 0.2) is 0 Å². The molecule has 1 aromatic heterocycles. The molecule has 0 saturated carbocycles. The van der Waals surface area contributed by atoms with Crippen LogP contribution in [0.2, 0.25) is 0 Å². The van der Waals surface area contributed by atoms with E-state index in [1.165, 1.54) is 4.21 Å². The normalized spacial score (nSPS) is 14.1. The van der Waals surface area contributed by atoms with E-state index >= 15 is 0 Å². The maximum absolute atomic E-state index is 9.95. The molecule has 2 nitrogen and oxygen atoms in total. The summed E-state index contributed by atoms with van der Waals surface area (Å²) in [5, 5.41) is 15.5. The lowest BCUT2D eigenvalue weighted by molar-refractivity contribution is 0.158. The molecule has 0 fully saturated rings. The summed E-state index contributed by atoms with van der Waals surface area (Å²) in [6.45, 7) is 3.05. The molecule has 4 heteroatoms. The third-order valence-corrected chi connectivity index (χ3v) is 5.51. The van der Waals surface area contributed by atoms with Crippen molar-refractivity contribution in [3.05, 3.63) is 53.4 Å². The van der Waals surface area contributed by atoms with Gasteiger partial charge in [-0.2, -0.15) is 0 Å². The Morgan fingerprint density at radius 1 is 1.20 bits per heavy atom. The van der Waals surface area contributed by atoms with Gasteiger partial charge in [0.1, 0.15) is 0 Å². The zero-order valence-electron chi connectivity index (χ0n) is 11.7. The minimum atomic E-state index is -0.333. The number of aliphatic hydroxyl groups excluding tert-OH is 1. The Hall–Kier alpha value is -0.810. The Bertz CT molecular complexity index is 486. The first kappa shape index (κ1) is 15.6. The van der Waals surface area contributed by atoms with Crippen LogP contribution in [0.1, 0.15) is 18.9 Å². The highest BCUT2D eigenvalue weighted by atomic mass is 32.2. The van der Waals surface area contributed by atoms with Crippen molar-refractivity contribution in [1.29, 1.82) is 0 Å². The fourth-order valence-corrected chi connectivity index (χ4v) is 4.29. The van der Waals surface area contributed by atoms with Crippen LogP contribution in [0.4, 0.5) is 0 Å². The molecule has 108 valence electrons. The van der Waals surface area contributed by atoms with Crippen molar-refractivity contribution in [3.63, 3.8) is 0 Å². The first-order chi connectivity index (χ1) is 9.80. The largest absolute Gasteiger partial charge is 0.394 e. The predicted molar refractivity (Wildman–Crippen MR) is 88.5 cm³/mol. The monoisotopic (exact) mass is 307 g/mol. The number of rotatable bonds is 8. The van der Waals surface area contributed by atoms with E-state index in [1.807, 2.05) is 30.0 Å². The minimum Gasteiger partial charge on any atom is -0.394 e. The van der Waals surface area contributed by atoms with E-state index in [4.69, 9.17) is 0 Å². The summed E-state index contributed by atoms with van der Waals surface area (Å²) >= 11 is 3.63. The third-order valence-electron chi connectivity index (χ3n) is 3.38. The van der Waals surface area contributed by atoms with Crippen LogP contribution in [0.25, 0.3) is 0 Å². The molecular weight excluding hydrogens is 286 g/mol. The molecule has 0 radical (unpaired) electrons. The van der Waals surface area contributed by atoms with Crippen LogP contribution in [0.5, 0.6) is 0 Å². The number of thiophene rings is 1. The van der Waals surface area contributed by atoms with Gasteiger partial charge in [-0.05, 0) is 30.0 Å². The lowest BCUT2D eigenvalue weighted by atomic mass is 9.88. The van der Waals surface area contributed by atoms with Gasteiger partial charge in [0.25, 0.3) is 0 Å². The van der Waals surface area contributed by atoms with E-state index in [-0.39, 0.29) is 12.1 Å². The van der Waals surface area contributed by atoms with Gasteiger partial charge in [-0.15, -0.1) is 23.1 Å². The molecule has 2 N–H and O–H groups in total. The highest BCUT2D eigenvalue weighted by Gasteiger charge is 2.29. The van der Waals surface area contributed by atoms with Crippen LogP contribution in [-0.2, 0) is 5.54 Å². The topological polar surface area (TPSA) is 32.3 Å². The molecule has 0 spiro atoms. The van der Waals surface area contributed by atoms with E-state index in [9.17, 15) is 5.11 Å². The van der Waals surface area contributed by atoms with E-state index in [1.54, 1.807) is 11.3 Å². The van der Waals surface area contributed by atoms with Gasteiger partial charge in [-0.1, -0.05) is 43.3 Å². The molecule has 0 saturated heterocycles. The predicted octanol–water partition coefficient (Wildman–Crippen LogP) is 3.73. The van der Waals surface area contributed by atoms with Crippen LogP contribution in [0.15, 0.2) is 52.1 Å². The van der Waals surface area contributed by atoms with Gasteiger partial charge in [-0.25, -0.2) is 0 Å². The van der Waals surface area contributed by atoms with Crippen molar-refractivity contribution in [2.24, 2.45) is 0 Å². The standard InChI is InChI=1S/C16H21NOS2/c1-2-17-16(13-18,14-7-4-3-5-8-14)10-12-20-15-9-6-11-19-15/h3-9,11,17-18H,2,10,12-13H2,1H3. The van der Waals surface area contributed by atoms with Crippen molar-refractivity contribution in [3.8, 4) is 0 Å². The Morgan fingerprint density at radius 2 is 2.00 bits per heavy atom. The van der Waals surface area contributed by atoms with Crippen LogP contribution >= 0.6 is 23.1 Å². The first-order valence-corrected chi connectivity index (χ1v) is 8.75. The van der Waals surface area contributed by atoms with E-state index in [0.29, 0.717) is 0 Å². The van der Waals surface area contributed by atoms with Crippen molar-refractivity contribution in [1.82, 2.24) is 5.32 Å². The second-order valence-electron chi connectivity index (χ2n) is 4.67. The van der Waals surface area contributed by atoms with Crippen molar-refractivity contribution in [2.45, 2.75) is 23.1 Å².